The Morgan fingerprint density at radius 2 is 1.97 bits per heavy atom. The number of hydrogen-bond donors (Lipinski definition) is 2. The lowest BCUT2D eigenvalue weighted by Gasteiger charge is -2.18. The predicted molar refractivity (Wildman–Crippen MR) is 115 cm³/mol. The zero-order valence-corrected chi connectivity index (χ0v) is 17.5. The summed E-state index contributed by atoms with van der Waals surface area (Å²) in [6, 6.07) is 1.44. The summed E-state index contributed by atoms with van der Waals surface area (Å²) in [5.74, 6) is -6.34. The summed E-state index contributed by atoms with van der Waals surface area (Å²) in [6.07, 6.45) is -3.45. The van der Waals surface area contributed by atoms with Gasteiger partial charge in [0.25, 0.3) is 5.91 Å². The molecule has 0 saturated carbocycles. The minimum atomic E-state index is -4.93. The Morgan fingerprint density at radius 1 is 1.23 bits per heavy atom. The summed E-state index contributed by atoms with van der Waals surface area (Å²) < 4.78 is 106. The number of aromatic nitrogens is 3. The third-order valence-electron chi connectivity index (χ3n) is 5.04. The first-order valence-corrected chi connectivity index (χ1v) is 9.58. The van der Waals surface area contributed by atoms with E-state index < -0.39 is 81.6 Å². The topological polar surface area (TPSA) is 111 Å². The van der Waals surface area contributed by atoms with Crippen molar-refractivity contribution in [2.45, 2.75) is 20.0 Å². The molecule has 3 heterocycles. The molecule has 35 heavy (non-hydrogen) atoms. The van der Waals surface area contributed by atoms with E-state index in [1.54, 1.807) is 0 Å². The predicted octanol–water partition coefficient (Wildman–Crippen LogP) is 4.79. The highest BCUT2D eigenvalue weighted by Gasteiger charge is 2.35. The number of carbonyl (C=O) groups excluding carboxylic acids is 1. The smallest absolute Gasteiger partial charge is 0.418 e. The number of primary amides is 1. The number of ether oxygens (including phenoxy) is 1. The largest absolute Gasteiger partial charge is 0.438 e. The third kappa shape index (κ3) is 4.18. The molecule has 0 atom stereocenters. The van der Waals surface area contributed by atoms with Gasteiger partial charge in [-0.25, -0.2) is 13.8 Å². The van der Waals surface area contributed by atoms with E-state index in [1.807, 2.05) is 0 Å². The molecule has 0 radical (unpaired) electrons. The van der Waals surface area contributed by atoms with Gasteiger partial charge in [-0.1, -0.05) is 0 Å². The molecule has 0 saturated heterocycles. The summed E-state index contributed by atoms with van der Waals surface area (Å²) in [6.45, 7) is -2.33. The number of nitrogens with two attached hydrogens (primary N) is 1. The second-order valence-corrected chi connectivity index (χ2v) is 7.23. The van der Waals surface area contributed by atoms with Gasteiger partial charge in [0.05, 0.1) is 29.1 Å². The molecule has 0 aliphatic heterocycles. The third-order valence-corrected chi connectivity index (χ3v) is 5.04. The fraction of sp³-hybridized carbons (Fsp3) is 0.130. The Bertz CT molecular complexity index is 1720. The van der Waals surface area contributed by atoms with Crippen LogP contribution in [0.25, 0.3) is 22.2 Å². The summed E-state index contributed by atoms with van der Waals surface area (Å²) in [5, 5.41) is -0.257. The van der Waals surface area contributed by atoms with Crippen molar-refractivity contribution in [2.75, 3.05) is 0 Å². The molecule has 12 heteroatoms. The first kappa shape index (κ1) is 19.0. The normalized spacial score (nSPS) is 13.7. The van der Waals surface area contributed by atoms with Gasteiger partial charge in [0, 0.05) is 28.1 Å². The van der Waals surface area contributed by atoms with Gasteiger partial charge in [-0.05, 0) is 37.5 Å². The summed E-state index contributed by atoms with van der Waals surface area (Å²) >= 11 is 0. The molecule has 1 amide bonds. The van der Waals surface area contributed by atoms with E-state index in [-0.39, 0.29) is 16.6 Å². The number of carbonyl (C=O) groups is 1. The van der Waals surface area contributed by atoms with Gasteiger partial charge >= 0.3 is 6.18 Å². The number of benzene rings is 1. The number of H-pyrrole nitrogens is 1. The van der Waals surface area contributed by atoms with E-state index in [4.69, 9.17) is 16.0 Å². The lowest BCUT2D eigenvalue weighted by molar-refractivity contribution is -0.138. The monoisotopic (exact) mass is 494 g/mol. The van der Waals surface area contributed by atoms with Gasteiger partial charge in [-0.15, -0.1) is 0 Å². The number of rotatable bonds is 4. The molecule has 1 aromatic carbocycles. The Labute approximate surface area is 199 Å². The quantitative estimate of drug-likeness (QED) is 0.397. The first-order valence-electron chi connectivity index (χ1n) is 11.6. The lowest BCUT2D eigenvalue weighted by atomic mass is 10.0. The second kappa shape index (κ2) is 8.46. The molecule has 180 valence electrons. The molecule has 4 aromatic rings. The molecule has 0 fully saturated rings. The average Bonchev–Trinajstić information content (AvgIpc) is 2.80. The van der Waals surface area contributed by atoms with E-state index in [2.05, 4.69) is 15.0 Å². The molecular weight excluding hydrogens is 475 g/mol. The van der Waals surface area contributed by atoms with Gasteiger partial charge in [-0.3, -0.25) is 14.6 Å². The number of alkyl halides is 3. The van der Waals surface area contributed by atoms with Crippen LogP contribution < -0.4 is 15.9 Å². The number of pyridine rings is 3. The zero-order chi connectivity index (χ0) is 29.0. The van der Waals surface area contributed by atoms with Crippen LogP contribution in [0.5, 0.6) is 11.6 Å². The maximum atomic E-state index is 14.5. The highest BCUT2D eigenvalue weighted by molar-refractivity contribution is 6.03. The van der Waals surface area contributed by atoms with Crippen LogP contribution in [0, 0.1) is 25.4 Å². The SMILES string of the molecule is [2H]c1cc(F)c(F)c(C([2H])([2H])[2H])c1Oc1ncc(C(F)(F)F)c(C)c1-c1cc(=O)c2c(C(N)=O)nccc2[nH]1. The Kier molecular flexibility index (Phi) is 4.59. The number of fused-ring (bicyclic) bond motifs is 1. The van der Waals surface area contributed by atoms with Crippen molar-refractivity contribution in [3.05, 3.63) is 80.9 Å². The molecule has 0 unspecified atom stereocenters. The zero-order valence-electron chi connectivity index (χ0n) is 21.5. The molecule has 3 N–H and O–H groups in total. The molecule has 0 spiro atoms. The lowest BCUT2D eigenvalue weighted by Crippen LogP contribution is -2.18. The van der Waals surface area contributed by atoms with Crippen LogP contribution in [0.15, 0.2) is 41.4 Å². The standard InChI is InChI=1S/C23H15F5N4O3/c1-9-11(23(26,27)28)8-31-22(35-16-4-3-12(24)19(25)10(16)2)17(9)14-7-15(33)18-13(32-14)5-6-30-20(18)21(29)34/h3-8H,1-2H3,(H2,29,34)(H,32,33)/i2D3,4D. The Morgan fingerprint density at radius 3 is 2.63 bits per heavy atom. The van der Waals surface area contributed by atoms with Crippen molar-refractivity contribution >= 4 is 16.8 Å². The number of nitrogens with one attached hydrogen (secondary N) is 1. The van der Waals surface area contributed by atoms with Gasteiger partial charge in [0.15, 0.2) is 17.1 Å². The number of halogens is 5. The van der Waals surface area contributed by atoms with Crippen LogP contribution in [0.2, 0.25) is 0 Å². The highest BCUT2D eigenvalue weighted by atomic mass is 19.4. The van der Waals surface area contributed by atoms with Gasteiger partial charge < -0.3 is 15.5 Å². The van der Waals surface area contributed by atoms with E-state index in [0.717, 1.165) is 19.2 Å². The second-order valence-electron chi connectivity index (χ2n) is 7.23. The van der Waals surface area contributed by atoms with Crippen molar-refractivity contribution in [1.82, 2.24) is 15.0 Å². The van der Waals surface area contributed by atoms with Crippen LogP contribution in [-0.4, -0.2) is 20.9 Å². The average molecular weight is 494 g/mol. The van der Waals surface area contributed by atoms with Crippen molar-refractivity contribution < 1.29 is 37.0 Å². The maximum absolute atomic E-state index is 14.5. The summed E-state index contributed by atoms with van der Waals surface area (Å²) in [4.78, 5) is 34.7. The van der Waals surface area contributed by atoms with Crippen molar-refractivity contribution in [3.8, 4) is 22.9 Å². The van der Waals surface area contributed by atoms with Crippen LogP contribution in [0.1, 0.15) is 32.7 Å². The Balaban J connectivity index is 2.06. The molecule has 3 aromatic heterocycles. The number of nitrogens with zero attached hydrogens (tertiary/aromatic N) is 2. The van der Waals surface area contributed by atoms with E-state index in [1.165, 1.54) is 6.07 Å². The summed E-state index contributed by atoms with van der Waals surface area (Å²) in [7, 11) is 0. The van der Waals surface area contributed by atoms with E-state index in [0.29, 0.717) is 12.3 Å². The molecule has 7 nitrogen and oxygen atoms in total. The molecule has 0 aliphatic rings. The van der Waals surface area contributed by atoms with E-state index >= 15 is 0 Å². The first-order chi connectivity index (χ1) is 18.0. The molecule has 0 bridgehead atoms. The maximum Gasteiger partial charge on any atom is 0.418 e. The fourth-order valence-corrected chi connectivity index (χ4v) is 3.44. The number of aromatic amines is 1. The number of hydrogen-bond acceptors (Lipinski definition) is 5. The van der Waals surface area contributed by atoms with Crippen LogP contribution in [0.4, 0.5) is 22.0 Å². The molecule has 4 rings (SSSR count). The van der Waals surface area contributed by atoms with Crippen LogP contribution in [-0.2, 0) is 6.18 Å². The van der Waals surface area contributed by atoms with Gasteiger partial charge in [0.2, 0.25) is 5.88 Å². The molecular formula is C23H15F5N4O3. The van der Waals surface area contributed by atoms with Crippen molar-refractivity contribution in [3.63, 3.8) is 0 Å². The fourth-order valence-electron chi connectivity index (χ4n) is 3.44. The van der Waals surface area contributed by atoms with Crippen LogP contribution >= 0.6 is 0 Å². The van der Waals surface area contributed by atoms with E-state index in [9.17, 15) is 31.5 Å². The Hall–Kier alpha value is -4.35. The highest BCUT2D eigenvalue weighted by Crippen LogP contribution is 2.41. The molecule has 0 aliphatic carbocycles. The van der Waals surface area contributed by atoms with Crippen molar-refractivity contribution in [2.24, 2.45) is 5.73 Å². The van der Waals surface area contributed by atoms with Crippen LogP contribution in [0.3, 0.4) is 0 Å². The van der Waals surface area contributed by atoms with Gasteiger partial charge in [0.1, 0.15) is 11.4 Å². The van der Waals surface area contributed by atoms with Crippen molar-refractivity contribution in [1.29, 1.82) is 0 Å². The summed E-state index contributed by atoms with van der Waals surface area (Å²) in [5.41, 5.74) is -0.0534. The minimum absolute atomic E-state index is 0.0544. The minimum Gasteiger partial charge on any atom is -0.438 e. The van der Waals surface area contributed by atoms with Gasteiger partial charge in [-0.2, -0.15) is 13.2 Å². The number of amides is 1.